The maximum absolute atomic E-state index is 8.97. The summed E-state index contributed by atoms with van der Waals surface area (Å²) in [5.41, 5.74) is 0. The molecule has 0 amide bonds. The first-order chi connectivity index (χ1) is 3.83. The maximum atomic E-state index is 8.97. The second kappa shape index (κ2) is 3.24. The third-order valence-electron chi connectivity index (χ3n) is 1.22. The Hall–Kier alpha value is 1.00. The summed E-state index contributed by atoms with van der Waals surface area (Å²) in [7, 11) is 1.68. The molecule has 1 fully saturated rings. The Bertz CT molecular complexity index is 82.4. The van der Waals surface area contributed by atoms with Gasteiger partial charge in [-0.25, -0.2) is 4.31 Å². The van der Waals surface area contributed by atoms with Gasteiger partial charge in [0.25, 0.3) is 0 Å². The van der Waals surface area contributed by atoms with Crippen molar-refractivity contribution in [3.63, 3.8) is 0 Å². The maximum Gasteiger partial charge on any atom is 0.0689 e. The van der Waals surface area contributed by atoms with Crippen LogP contribution in [0.25, 0.3) is 0 Å². The minimum absolute atomic E-state index is 0.0720. The molecule has 1 heterocycles. The van der Waals surface area contributed by atoms with E-state index < -0.39 is 0 Å². The van der Waals surface area contributed by atoms with Gasteiger partial charge in [0.15, 0.2) is 0 Å². The first-order valence-corrected chi connectivity index (χ1v) is 5.86. The van der Waals surface area contributed by atoms with Gasteiger partial charge in [-0.3, -0.25) is 0 Å². The van der Waals surface area contributed by atoms with Gasteiger partial charge in [0, 0.05) is 34.3 Å². The molecule has 0 aromatic rings. The molecule has 0 aromatic carbocycles. The minimum atomic E-state index is -0.0720. The number of hydrogen-bond acceptors (Lipinski definition) is 3. The van der Waals surface area contributed by atoms with Crippen LogP contribution in [0, 0.1) is 0 Å². The van der Waals surface area contributed by atoms with Gasteiger partial charge in [-0.1, -0.05) is 0 Å². The number of aliphatic hydroxyl groups excluding tert-OH is 1. The zero-order valence-electron chi connectivity index (χ0n) is 4.38. The van der Waals surface area contributed by atoms with Crippen LogP contribution in [0.15, 0.2) is 0 Å². The van der Waals surface area contributed by atoms with Crippen molar-refractivity contribution in [3.05, 3.63) is 0 Å². The first kappa shape index (κ1) is 7.11. The van der Waals surface area contributed by atoms with E-state index in [2.05, 4.69) is 25.5 Å². The predicted molar refractivity (Wildman–Crippen MR) is 43.8 cm³/mol. The van der Waals surface area contributed by atoms with Gasteiger partial charge >= 0.3 is 0 Å². The standard InChI is InChI=1S/C4H8INOS/c5-8-6-2-1-4(7)3-6/h4,7H,1-3H2. The monoisotopic (exact) mass is 245 g/mol. The molecule has 0 aliphatic carbocycles. The molecule has 0 radical (unpaired) electrons. The summed E-state index contributed by atoms with van der Waals surface area (Å²) in [6, 6.07) is 0. The molecular weight excluding hydrogens is 237 g/mol. The van der Waals surface area contributed by atoms with Crippen LogP contribution in [-0.2, 0) is 0 Å². The number of aliphatic hydroxyl groups is 1. The van der Waals surface area contributed by atoms with Crippen LogP contribution in [0.1, 0.15) is 6.42 Å². The van der Waals surface area contributed by atoms with Crippen LogP contribution in [0.5, 0.6) is 0 Å². The SMILES string of the molecule is OC1CCN(SI)C1. The average molecular weight is 245 g/mol. The van der Waals surface area contributed by atoms with Gasteiger partial charge in [0.1, 0.15) is 0 Å². The highest BCUT2D eigenvalue weighted by Gasteiger charge is 2.18. The summed E-state index contributed by atoms with van der Waals surface area (Å²) in [6.07, 6.45) is 0.869. The predicted octanol–water partition coefficient (Wildman–Crippen LogP) is 1.05. The van der Waals surface area contributed by atoms with Crippen molar-refractivity contribution >= 4 is 30.3 Å². The second-order valence-corrected chi connectivity index (χ2v) is 3.74. The molecule has 0 spiro atoms. The third-order valence-corrected chi connectivity index (χ3v) is 3.42. The second-order valence-electron chi connectivity index (χ2n) is 1.90. The molecule has 1 aliphatic rings. The number of halogens is 1. The first-order valence-electron chi connectivity index (χ1n) is 2.54. The quantitative estimate of drug-likeness (QED) is 0.551. The Morgan fingerprint density at radius 2 is 2.50 bits per heavy atom. The summed E-state index contributed by atoms with van der Waals surface area (Å²) in [5, 5.41) is 8.97. The highest BCUT2D eigenvalue weighted by atomic mass is 127. The lowest BCUT2D eigenvalue weighted by Crippen LogP contribution is -2.12. The zero-order chi connectivity index (χ0) is 5.98. The van der Waals surface area contributed by atoms with E-state index in [1.54, 1.807) is 9.12 Å². The lowest BCUT2D eigenvalue weighted by Gasteiger charge is -2.06. The summed E-state index contributed by atoms with van der Waals surface area (Å²) >= 11 is 2.23. The Morgan fingerprint density at radius 1 is 1.75 bits per heavy atom. The molecule has 0 saturated carbocycles. The summed E-state index contributed by atoms with van der Waals surface area (Å²) in [6.45, 7) is 1.88. The molecule has 0 bridgehead atoms. The fourth-order valence-corrected chi connectivity index (χ4v) is 2.25. The number of hydrogen-bond donors (Lipinski definition) is 1. The van der Waals surface area contributed by atoms with E-state index in [4.69, 9.17) is 5.11 Å². The van der Waals surface area contributed by atoms with Crippen molar-refractivity contribution in [3.8, 4) is 0 Å². The van der Waals surface area contributed by atoms with E-state index in [9.17, 15) is 0 Å². The van der Waals surface area contributed by atoms with Crippen LogP contribution < -0.4 is 0 Å². The van der Waals surface area contributed by atoms with Crippen molar-refractivity contribution < 1.29 is 5.11 Å². The van der Waals surface area contributed by atoms with Gasteiger partial charge in [-0.15, -0.1) is 0 Å². The zero-order valence-corrected chi connectivity index (χ0v) is 7.35. The Labute approximate surface area is 65.3 Å². The summed E-state index contributed by atoms with van der Waals surface area (Å²) in [5.74, 6) is 0. The molecule has 1 saturated heterocycles. The molecule has 4 heteroatoms. The van der Waals surface area contributed by atoms with Crippen molar-refractivity contribution in [2.75, 3.05) is 13.1 Å². The van der Waals surface area contributed by atoms with Gasteiger partial charge in [0.2, 0.25) is 0 Å². The molecule has 1 atom stereocenters. The van der Waals surface area contributed by atoms with Crippen LogP contribution in [0.3, 0.4) is 0 Å². The highest BCUT2D eigenvalue weighted by Crippen LogP contribution is 2.23. The highest BCUT2D eigenvalue weighted by molar-refractivity contribution is 14.2. The molecule has 0 aromatic heterocycles. The van der Waals surface area contributed by atoms with Crippen molar-refractivity contribution in [2.45, 2.75) is 12.5 Å². The molecule has 2 nitrogen and oxygen atoms in total. The van der Waals surface area contributed by atoms with E-state index in [0.29, 0.717) is 0 Å². The van der Waals surface area contributed by atoms with Crippen LogP contribution >= 0.6 is 30.3 Å². The molecule has 1 unspecified atom stereocenters. The smallest absolute Gasteiger partial charge is 0.0689 e. The normalized spacial score (nSPS) is 31.5. The number of nitrogens with zero attached hydrogens (tertiary/aromatic N) is 1. The van der Waals surface area contributed by atoms with Crippen molar-refractivity contribution in [2.24, 2.45) is 0 Å². The van der Waals surface area contributed by atoms with Crippen LogP contribution in [0.4, 0.5) is 0 Å². The number of rotatable bonds is 1. The molecular formula is C4H8INOS. The van der Waals surface area contributed by atoms with E-state index >= 15 is 0 Å². The van der Waals surface area contributed by atoms with Gasteiger partial charge in [-0.2, -0.15) is 0 Å². The number of β-amino-alcohol motifs (C(OH)–C–C–N with tert-alkyl or cyclic N) is 1. The fourth-order valence-electron chi connectivity index (χ4n) is 0.773. The van der Waals surface area contributed by atoms with Gasteiger partial charge < -0.3 is 5.11 Å². The van der Waals surface area contributed by atoms with Gasteiger partial charge in [0.05, 0.1) is 6.10 Å². The molecule has 1 N–H and O–H groups in total. The van der Waals surface area contributed by atoms with E-state index in [0.717, 1.165) is 19.5 Å². The molecule has 1 rings (SSSR count). The molecule has 8 heavy (non-hydrogen) atoms. The fraction of sp³-hybridized carbons (Fsp3) is 1.00. The Morgan fingerprint density at radius 3 is 2.75 bits per heavy atom. The van der Waals surface area contributed by atoms with Gasteiger partial charge in [-0.05, 0) is 15.5 Å². The Balaban J connectivity index is 2.22. The lowest BCUT2D eigenvalue weighted by atomic mass is 10.3. The minimum Gasteiger partial charge on any atom is -0.392 e. The molecule has 1 aliphatic heterocycles. The topological polar surface area (TPSA) is 23.5 Å². The van der Waals surface area contributed by atoms with Crippen LogP contribution in [0.2, 0.25) is 0 Å². The molecule has 48 valence electrons. The Kier molecular flexibility index (Phi) is 2.88. The average Bonchev–Trinajstić information content (AvgIpc) is 2.14. The summed E-state index contributed by atoms with van der Waals surface area (Å²) < 4.78 is 2.16. The van der Waals surface area contributed by atoms with E-state index in [-0.39, 0.29) is 6.10 Å². The lowest BCUT2D eigenvalue weighted by molar-refractivity contribution is 0.191. The van der Waals surface area contributed by atoms with E-state index in [1.807, 2.05) is 0 Å². The third kappa shape index (κ3) is 1.75. The van der Waals surface area contributed by atoms with Crippen molar-refractivity contribution in [1.82, 2.24) is 4.31 Å². The summed E-state index contributed by atoms with van der Waals surface area (Å²) in [4.78, 5) is 0. The van der Waals surface area contributed by atoms with Crippen LogP contribution in [-0.4, -0.2) is 28.6 Å². The van der Waals surface area contributed by atoms with E-state index in [1.165, 1.54) is 0 Å². The van der Waals surface area contributed by atoms with Crippen molar-refractivity contribution in [1.29, 1.82) is 0 Å². The largest absolute Gasteiger partial charge is 0.392 e.